The fourth-order valence-corrected chi connectivity index (χ4v) is 4.85. The van der Waals surface area contributed by atoms with Crippen LogP contribution in [0.3, 0.4) is 0 Å². The van der Waals surface area contributed by atoms with Gasteiger partial charge in [-0.25, -0.2) is 13.4 Å². The number of aryl methyl sites for hydroxylation is 2. The molecule has 2 aromatic carbocycles. The number of imidazole rings is 1. The third-order valence-electron chi connectivity index (χ3n) is 5.02. The van der Waals surface area contributed by atoms with E-state index < -0.39 is 10.0 Å². The maximum Gasteiger partial charge on any atom is 0.265 e. The van der Waals surface area contributed by atoms with E-state index >= 15 is 0 Å². The minimum Gasteiger partial charge on any atom is -0.497 e. The van der Waals surface area contributed by atoms with E-state index in [1.165, 1.54) is 26.7 Å². The van der Waals surface area contributed by atoms with E-state index in [-0.39, 0.29) is 10.6 Å². The van der Waals surface area contributed by atoms with Crippen LogP contribution in [0.4, 0.5) is 5.69 Å². The summed E-state index contributed by atoms with van der Waals surface area (Å²) in [6, 6.07) is 10.1. The Morgan fingerprint density at radius 2 is 1.89 bits per heavy atom. The van der Waals surface area contributed by atoms with E-state index in [0.717, 1.165) is 42.7 Å². The van der Waals surface area contributed by atoms with Crippen molar-refractivity contribution in [1.82, 2.24) is 9.55 Å². The van der Waals surface area contributed by atoms with E-state index in [1.54, 1.807) is 24.3 Å². The zero-order valence-corrected chi connectivity index (χ0v) is 16.8. The lowest BCUT2D eigenvalue weighted by Gasteiger charge is -2.13. The molecule has 1 aromatic heterocycles. The number of nitrogens with one attached hydrogen (secondary N) is 1. The second-order valence-electron chi connectivity index (χ2n) is 6.82. The van der Waals surface area contributed by atoms with Crippen LogP contribution in [0.25, 0.3) is 11.0 Å². The van der Waals surface area contributed by atoms with Crippen LogP contribution in [0.1, 0.15) is 25.1 Å². The van der Waals surface area contributed by atoms with Gasteiger partial charge >= 0.3 is 0 Å². The van der Waals surface area contributed by atoms with Crippen molar-refractivity contribution in [2.24, 2.45) is 0 Å². The highest BCUT2D eigenvalue weighted by Crippen LogP contribution is 2.31. The second kappa shape index (κ2) is 7.35. The van der Waals surface area contributed by atoms with Crippen LogP contribution in [-0.2, 0) is 23.0 Å². The second-order valence-corrected chi connectivity index (χ2v) is 8.47. The number of hydrogen-bond acceptors (Lipinski definition) is 5. The first-order valence-corrected chi connectivity index (χ1v) is 10.7. The minimum absolute atomic E-state index is 0.0232. The molecule has 1 aliphatic rings. The fourth-order valence-electron chi connectivity index (χ4n) is 3.62. The van der Waals surface area contributed by atoms with Crippen LogP contribution in [0, 0.1) is 0 Å². The van der Waals surface area contributed by atoms with Gasteiger partial charge in [-0.3, -0.25) is 4.72 Å². The molecule has 0 spiro atoms. The van der Waals surface area contributed by atoms with Crippen LogP contribution >= 0.6 is 0 Å². The van der Waals surface area contributed by atoms with E-state index in [2.05, 4.69) is 9.29 Å². The number of fused-ring (bicyclic) bond motifs is 3. The molecule has 2 heterocycles. The molecule has 0 saturated carbocycles. The summed E-state index contributed by atoms with van der Waals surface area (Å²) in [6.45, 7) is 0.956. The number of aromatic nitrogens is 2. The van der Waals surface area contributed by atoms with Crippen molar-refractivity contribution >= 4 is 26.7 Å². The lowest BCUT2D eigenvalue weighted by Crippen LogP contribution is -2.14. The SMILES string of the molecule is COc1ccc(OC)c(S(=O)(=O)Nc2ccc3c(c2)nc2n3CCCCC2)c1. The molecule has 0 atom stereocenters. The highest BCUT2D eigenvalue weighted by atomic mass is 32.2. The van der Waals surface area contributed by atoms with E-state index in [1.807, 2.05) is 6.07 Å². The van der Waals surface area contributed by atoms with Crippen molar-refractivity contribution in [3.05, 3.63) is 42.2 Å². The summed E-state index contributed by atoms with van der Waals surface area (Å²) in [5, 5.41) is 0. The van der Waals surface area contributed by atoms with Gasteiger partial charge in [0.05, 0.1) is 30.9 Å². The zero-order chi connectivity index (χ0) is 19.7. The number of methoxy groups -OCH3 is 2. The number of rotatable bonds is 5. The maximum absolute atomic E-state index is 13.0. The van der Waals surface area contributed by atoms with Gasteiger partial charge in [-0.15, -0.1) is 0 Å². The normalized spacial score (nSPS) is 14.4. The van der Waals surface area contributed by atoms with Crippen molar-refractivity contribution in [1.29, 1.82) is 0 Å². The average Bonchev–Trinajstić information content (AvgIpc) is 2.87. The molecule has 0 unspecified atom stereocenters. The van der Waals surface area contributed by atoms with Gasteiger partial charge in [-0.05, 0) is 43.2 Å². The predicted molar refractivity (Wildman–Crippen MR) is 108 cm³/mol. The molecule has 4 rings (SSSR count). The zero-order valence-electron chi connectivity index (χ0n) is 15.9. The summed E-state index contributed by atoms with van der Waals surface area (Å²) in [5.41, 5.74) is 2.30. The highest BCUT2D eigenvalue weighted by Gasteiger charge is 2.21. The summed E-state index contributed by atoms with van der Waals surface area (Å²) >= 11 is 0. The number of sulfonamides is 1. The minimum atomic E-state index is -3.85. The third-order valence-corrected chi connectivity index (χ3v) is 6.42. The topological polar surface area (TPSA) is 82.4 Å². The van der Waals surface area contributed by atoms with Gasteiger partial charge in [-0.1, -0.05) is 6.42 Å². The van der Waals surface area contributed by atoms with Crippen LogP contribution in [-0.4, -0.2) is 32.2 Å². The first-order chi connectivity index (χ1) is 13.5. The van der Waals surface area contributed by atoms with Crippen molar-refractivity contribution in [3.8, 4) is 11.5 Å². The van der Waals surface area contributed by atoms with Crippen molar-refractivity contribution < 1.29 is 17.9 Å². The van der Waals surface area contributed by atoms with E-state index in [9.17, 15) is 8.42 Å². The molecule has 0 saturated heterocycles. The lowest BCUT2D eigenvalue weighted by atomic mass is 10.2. The summed E-state index contributed by atoms with van der Waals surface area (Å²) in [7, 11) is -0.931. The quantitative estimate of drug-likeness (QED) is 0.707. The Morgan fingerprint density at radius 1 is 1.04 bits per heavy atom. The Bertz CT molecular complexity index is 1120. The molecule has 148 valence electrons. The molecule has 0 fully saturated rings. The first kappa shape index (κ1) is 18.6. The molecule has 1 N–H and O–H groups in total. The molecule has 3 aromatic rings. The van der Waals surface area contributed by atoms with Gasteiger partial charge < -0.3 is 14.0 Å². The van der Waals surface area contributed by atoms with Crippen LogP contribution in [0.15, 0.2) is 41.3 Å². The number of ether oxygens (including phenoxy) is 2. The Hall–Kier alpha value is -2.74. The Balaban J connectivity index is 1.69. The average molecular weight is 401 g/mol. The summed E-state index contributed by atoms with van der Waals surface area (Å²) in [4.78, 5) is 4.74. The molecular weight excluding hydrogens is 378 g/mol. The standard InChI is InChI=1S/C20H23N3O4S/c1-26-15-8-10-18(27-2)19(13-15)28(24,25)22-14-7-9-17-16(12-14)21-20-6-4-3-5-11-23(17)20/h7-10,12-13,22H,3-6,11H2,1-2H3. The summed E-state index contributed by atoms with van der Waals surface area (Å²) in [5.74, 6) is 1.76. The smallest absolute Gasteiger partial charge is 0.265 e. The van der Waals surface area contributed by atoms with Crippen LogP contribution in [0.2, 0.25) is 0 Å². The molecule has 0 radical (unpaired) electrons. The first-order valence-electron chi connectivity index (χ1n) is 9.26. The number of hydrogen-bond donors (Lipinski definition) is 1. The predicted octanol–water partition coefficient (Wildman–Crippen LogP) is 3.58. The molecule has 1 aliphatic heterocycles. The van der Waals surface area contributed by atoms with Gasteiger partial charge in [0.15, 0.2) is 0 Å². The highest BCUT2D eigenvalue weighted by molar-refractivity contribution is 7.92. The molecule has 7 nitrogen and oxygen atoms in total. The monoisotopic (exact) mass is 401 g/mol. The van der Waals surface area contributed by atoms with Gasteiger partial charge in [0.25, 0.3) is 10.0 Å². The van der Waals surface area contributed by atoms with Gasteiger partial charge in [0.2, 0.25) is 0 Å². The lowest BCUT2D eigenvalue weighted by molar-refractivity contribution is 0.392. The molecule has 28 heavy (non-hydrogen) atoms. The van der Waals surface area contributed by atoms with Crippen molar-refractivity contribution in [2.45, 2.75) is 37.1 Å². The number of benzene rings is 2. The van der Waals surface area contributed by atoms with Gasteiger partial charge in [0, 0.05) is 19.0 Å². The van der Waals surface area contributed by atoms with Crippen molar-refractivity contribution in [3.63, 3.8) is 0 Å². The largest absolute Gasteiger partial charge is 0.497 e. The Kier molecular flexibility index (Phi) is 4.89. The molecular formula is C20H23N3O4S. The van der Waals surface area contributed by atoms with Crippen molar-refractivity contribution in [2.75, 3.05) is 18.9 Å². The molecule has 0 bridgehead atoms. The Morgan fingerprint density at radius 3 is 2.68 bits per heavy atom. The summed E-state index contributed by atoms with van der Waals surface area (Å²) in [6.07, 6.45) is 4.45. The van der Waals surface area contributed by atoms with Gasteiger partial charge in [0.1, 0.15) is 22.2 Å². The molecule has 0 amide bonds. The number of anilines is 1. The molecule has 0 aliphatic carbocycles. The van der Waals surface area contributed by atoms with Gasteiger partial charge in [-0.2, -0.15) is 0 Å². The third kappa shape index (κ3) is 3.40. The summed E-state index contributed by atoms with van der Waals surface area (Å²) < 4.78 is 41.2. The van der Waals surface area contributed by atoms with E-state index in [4.69, 9.17) is 14.5 Å². The van der Waals surface area contributed by atoms with E-state index in [0.29, 0.717) is 11.4 Å². The Labute approximate surface area is 164 Å². The molecule has 8 heteroatoms. The maximum atomic E-state index is 13.0. The number of nitrogens with zero attached hydrogens (tertiary/aromatic N) is 2. The van der Waals surface area contributed by atoms with Crippen LogP contribution in [0.5, 0.6) is 11.5 Å². The van der Waals surface area contributed by atoms with Crippen LogP contribution < -0.4 is 14.2 Å². The fraction of sp³-hybridized carbons (Fsp3) is 0.350.